The summed E-state index contributed by atoms with van der Waals surface area (Å²) >= 11 is 5.89. The van der Waals surface area contributed by atoms with Gasteiger partial charge in [0.05, 0.1) is 0 Å². The van der Waals surface area contributed by atoms with Gasteiger partial charge in [-0.1, -0.05) is 17.7 Å². The van der Waals surface area contributed by atoms with Crippen LogP contribution in [0, 0.1) is 13.8 Å². The van der Waals surface area contributed by atoms with Gasteiger partial charge in [0.1, 0.15) is 11.4 Å². The maximum absolute atomic E-state index is 12.7. The van der Waals surface area contributed by atoms with E-state index >= 15 is 0 Å². The standard InChI is InChI=1S/C23H19ClN6O2/c1-13-10-14(2)27-23(26-13)29-18-5-3-4-17(11-18)28-21(31)19-12-25-20(30-22(19)32)15-6-8-16(24)9-7-15/h3-12H,1-2H3,(H,28,31)(H,25,30,32)(H,26,27,29). The van der Waals surface area contributed by atoms with E-state index < -0.39 is 11.5 Å². The molecule has 0 aliphatic rings. The predicted molar refractivity (Wildman–Crippen MR) is 124 cm³/mol. The number of amides is 1. The number of halogens is 1. The van der Waals surface area contributed by atoms with Crippen molar-refractivity contribution in [2.75, 3.05) is 10.6 Å². The highest BCUT2D eigenvalue weighted by Gasteiger charge is 2.13. The normalized spacial score (nSPS) is 10.6. The zero-order valence-corrected chi connectivity index (χ0v) is 18.1. The number of hydrogen-bond acceptors (Lipinski definition) is 6. The third-order valence-corrected chi connectivity index (χ3v) is 4.77. The summed E-state index contributed by atoms with van der Waals surface area (Å²) in [7, 11) is 0. The molecule has 0 radical (unpaired) electrons. The summed E-state index contributed by atoms with van der Waals surface area (Å²) in [6, 6.07) is 15.8. The molecule has 0 unspecified atom stereocenters. The Hall–Kier alpha value is -4.04. The molecule has 4 rings (SSSR count). The van der Waals surface area contributed by atoms with Crippen molar-refractivity contribution >= 4 is 34.8 Å². The van der Waals surface area contributed by atoms with Crippen molar-refractivity contribution in [2.24, 2.45) is 0 Å². The second-order valence-corrected chi connectivity index (χ2v) is 7.55. The van der Waals surface area contributed by atoms with Gasteiger partial charge in [0.25, 0.3) is 11.5 Å². The smallest absolute Gasteiger partial charge is 0.264 e. The molecule has 0 spiro atoms. The first-order valence-electron chi connectivity index (χ1n) is 9.73. The third kappa shape index (κ3) is 4.98. The summed E-state index contributed by atoms with van der Waals surface area (Å²) in [4.78, 5) is 40.7. The van der Waals surface area contributed by atoms with Gasteiger partial charge in [-0.15, -0.1) is 0 Å². The van der Waals surface area contributed by atoms with Gasteiger partial charge in [-0.05, 0) is 62.4 Å². The Morgan fingerprint density at radius 2 is 1.66 bits per heavy atom. The highest BCUT2D eigenvalue weighted by Crippen LogP contribution is 2.20. The zero-order chi connectivity index (χ0) is 22.7. The van der Waals surface area contributed by atoms with Crippen molar-refractivity contribution < 1.29 is 4.79 Å². The molecule has 0 atom stereocenters. The number of carbonyl (C=O) groups excluding carboxylic acids is 1. The van der Waals surface area contributed by atoms with Crippen LogP contribution in [0.5, 0.6) is 0 Å². The number of benzene rings is 2. The Bertz CT molecular complexity index is 1330. The van der Waals surface area contributed by atoms with Crippen molar-refractivity contribution in [3.63, 3.8) is 0 Å². The summed E-state index contributed by atoms with van der Waals surface area (Å²) in [6.07, 6.45) is 1.25. The number of H-pyrrole nitrogens is 1. The van der Waals surface area contributed by atoms with E-state index in [0.29, 0.717) is 33.7 Å². The van der Waals surface area contributed by atoms with Crippen LogP contribution in [0.3, 0.4) is 0 Å². The number of anilines is 3. The molecule has 0 bridgehead atoms. The van der Waals surface area contributed by atoms with Gasteiger partial charge >= 0.3 is 0 Å². The number of nitrogens with zero attached hydrogens (tertiary/aromatic N) is 3. The van der Waals surface area contributed by atoms with Gasteiger partial charge in [-0.2, -0.15) is 0 Å². The largest absolute Gasteiger partial charge is 0.324 e. The topological polar surface area (TPSA) is 113 Å². The van der Waals surface area contributed by atoms with Crippen molar-refractivity contribution in [3.8, 4) is 11.4 Å². The highest BCUT2D eigenvalue weighted by atomic mass is 35.5. The number of nitrogens with one attached hydrogen (secondary N) is 3. The fourth-order valence-electron chi connectivity index (χ4n) is 3.10. The minimum absolute atomic E-state index is 0.0984. The van der Waals surface area contributed by atoms with Crippen molar-refractivity contribution in [2.45, 2.75) is 13.8 Å². The van der Waals surface area contributed by atoms with Gasteiger partial charge < -0.3 is 15.6 Å². The molecule has 4 aromatic rings. The monoisotopic (exact) mass is 446 g/mol. The fraction of sp³-hybridized carbons (Fsp3) is 0.0870. The molecular formula is C23H19ClN6O2. The minimum atomic E-state index is -0.568. The van der Waals surface area contributed by atoms with E-state index in [1.54, 1.807) is 42.5 Å². The van der Waals surface area contributed by atoms with Gasteiger partial charge in [0.2, 0.25) is 5.95 Å². The molecule has 8 nitrogen and oxygen atoms in total. The maximum Gasteiger partial charge on any atom is 0.264 e. The van der Waals surface area contributed by atoms with Gasteiger partial charge in [0, 0.05) is 39.5 Å². The summed E-state index contributed by atoms with van der Waals surface area (Å²) < 4.78 is 0. The van der Waals surface area contributed by atoms with E-state index in [9.17, 15) is 9.59 Å². The van der Waals surface area contributed by atoms with Crippen molar-refractivity contribution in [1.29, 1.82) is 0 Å². The van der Waals surface area contributed by atoms with Crippen LogP contribution in [-0.4, -0.2) is 25.8 Å². The van der Waals surface area contributed by atoms with Crippen LogP contribution in [-0.2, 0) is 0 Å². The van der Waals surface area contributed by atoms with Crippen molar-refractivity contribution in [1.82, 2.24) is 19.9 Å². The molecule has 2 heterocycles. The zero-order valence-electron chi connectivity index (χ0n) is 17.3. The van der Waals surface area contributed by atoms with E-state index in [0.717, 1.165) is 11.4 Å². The highest BCUT2D eigenvalue weighted by molar-refractivity contribution is 6.30. The number of hydrogen-bond donors (Lipinski definition) is 3. The van der Waals surface area contributed by atoms with Crippen LogP contribution in [0.2, 0.25) is 5.02 Å². The Morgan fingerprint density at radius 3 is 2.34 bits per heavy atom. The maximum atomic E-state index is 12.7. The Labute approximate surface area is 188 Å². The predicted octanol–water partition coefficient (Wildman–Crippen LogP) is 4.49. The average molecular weight is 447 g/mol. The van der Waals surface area contributed by atoms with Crippen LogP contribution in [0.15, 0.2) is 65.6 Å². The Balaban J connectivity index is 1.51. The second-order valence-electron chi connectivity index (χ2n) is 7.12. The second kappa shape index (κ2) is 8.99. The van der Waals surface area contributed by atoms with Gasteiger partial charge in [0.15, 0.2) is 0 Å². The molecule has 160 valence electrons. The molecule has 0 aliphatic carbocycles. The van der Waals surface area contributed by atoms with Crippen LogP contribution in [0.1, 0.15) is 21.7 Å². The quantitative estimate of drug-likeness (QED) is 0.416. The third-order valence-electron chi connectivity index (χ3n) is 4.52. The lowest BCUT2D eigenvalue weighted by atomic mass is 10.2. The van der Waals surface area contributed by atoms with Gasteiger partial charge in [-0.3, -0.25) is 9.59 Å². The average Bonchev–Trinajstić information content (AvgIpc) is 2.73. The molecular weight excluding hydrogens is 428 g/mol. The number of aromatic nitrogens is 4. The molecule has 0 aliphatic heterocycles. The number of aryl methyl sites for hydroxylation is 2. The van der Waals surface area contributed by atoms with E-state index in [1.165, 1.54) is 6.20 Å². The lowest BCUT2D eigenvalue weighted by Crippen LogP contribution is -2.24. The molecule has 2 aromatic heterocycles. The van der Waals surface area contributed by atoms with Crippen LogP contribution >= 0.6 is 11.6 Å². The van der Waals surface area contributed by atoms with E-state index in [1.807, 2.05) is 26.0 Å². The molecule has 3 N–H and O–H groups in total. The van der Waals surface area contributed by atoms with Crippen LogP contribution in [0.4, 0.5) is 17.3 Å². The lowest BCUT2D eigenvalue weighted by molar-refractivity contribution is 0.102. The first kappa shape index (κ1) is 21.2. The first-order chi connectivity index (χ1) is 15.4. The summed E-state index contributed by atoms with van der Waals surface area (Å²) in [5.41, 5.74) is 2.94. The molecule has 0 saturated heterocycles. The van der Waals surface area contributed by atoms with Crippen LogP contribution in [0.25, 0.3) is 11.4 Å². The molecule has 1 amide bonds. The van der Waals surface area contributed by atoms with E-state index in [4.69, 9.17) is 11.6 Å². The van der Waals surface area contributed by atoms with Crippen LogP contribution < -0.4 is 16.2 Å². The molecule has 9 heteroatoms. The number of carbonyl (C=O) groups is 1. The molecule has 32 heavy (non-hydrogen) atoms. The minimum Gasteiger partial charge on any atom is -0.324 e. The van der Waals surface area contributed by atoms with Gasteiger partial charge in [-0.25, -0.2) is 15.0 Å². The molecule has 2 aromatic carbocycles. The fourth-order valence-corrected chi connectivity index (χ4v) is 3.22. The molecule has 0 saturated carbocycles. The summed E-state index contributed by atoms with van der Waals surface area (Å²) in [5.74, 6) is 0.244. The summed E-state index contributed by atoms with van der Waals surface area (Å²) in [5, 5.41) is 6.41. The SMILES string of the molecule is Cc1cc(C)nc(Nc2cccc(NC(=O)c3cnc(-c4ccc(Cl)cc4)[nH]c3=O)c2)n1. The Kier molecular flexibility index (Phi) is 5.96. The molecule has 0 fully saturated rings. The lowest BCUT2D eigenvalue weighted by Gasteiger charge is -2.09. The van der Waals surface area contributed by atoms with E-state index in [2.05, 4.69) is 30.6 Å². The number of rotatable bonds is 5. The Morgan fingerprint density at radius 1 is 0.969 bits per heavy atom. The van der Waals surface area contributed by atoms with E-state index in [-0.39, 0.29) is 5.56 Å². The first-order valence-corrected chi connectivity index (χ1v) is 10.1. The van der Waals surface area contributed by atoms with Crippen molar-refractivity contribution in [3.05, 3.63) is 93.1 Å². The number of aromatic amines is 1. The summed E-state index contributed by atoms with van der Waals surface area (Å²) in [6.45, 7) is 3.78.